The van der Waals surface area contributed by atoms with Gasteiger partial charge < -0.3 is 10.4 Å². The molecular weight excluding hydrogens is 326 g/mol. The van der Waals surface area contributed by atoms with E-state index in [0.717, 1.165) is 24.9 Å². The zero-order valence-electron chi connectivity index (χ0n) is 14.2. The second-order valence-electron chi connectivity index (χ2n) is 7.00. The van der Waals surface area contributed by atoms with E-state index in [-0.39, 0.29) is 0 Å². The summed E-state index contributed by atoms with van der Waals surface area (Å²) < 4.78 is 27.0. The minimum absolute atomic E-state index is 0.358. The maximum atomic E-state index is 12.7. The summed E-state index contributed by atoms with van der Waals surface area (Å²) in [7, 11) is -3.42. The molecule has 2 saturated heterocycles. The summed E-state index contributed by atoms with van der Waals surface area (Å²) in [6, 6.07) is 7.00. The van der Waals surface area contributed by atoms with Crippen LogP contribution < -0.4 is 5.32 Å². The van der Waals surface area contributed by atoms with Gasteiger partial charge >= 0.3 is 0 Å². The fourth-order valence-corrected chi connectivity index (χ4v) is 4.91. The van der Waals surface area contributed by atoms with Gasteiger partial charge in [-0.05, 0) is 38.4 Å². The number of nitrogens with one attached hydrogen (secondary N) is 1. The first-order chi connectivity index (χ1) is 11.4. The number of sulfonamides is 1. The van der Waals surface area contributed by atoms with Gasteiger partial charge in [0, 0.05) is 39.3 Å². The van der Waals surface area contributed by atoms with Crippen LogP contribution in [-0.4, -0.2) is 74.1 Å². The van der Waals surface area contributed by atoms with E-state index in [9.17, 15) is 13.5 Å². The summed E-state index contributed by atoms with van der Waals surface area (Å²) in [5.74, 6) is 0. The molecule has 0 saturated carbocycles. The van der Waals surface area contributed by atoms with Gasteiger partial charge in [-0.25, -0.2) is 8.42 Å². The van der Waals surface area contributed by atoms with Crippen LogP contribution in [0.3, 0.4) is 0 Å². The Morgan fingerprint density at radius 1 is 1.17 bits per heavy atom. The number of rotatable bonds is 4. The van der Waals surface area contributed by atoms with Crippen LogP contribution in [0.1, 0.15) is 18.4 Å². The molecule has 0 unspecified atom stereocenters. The third kappa shape index (κ3) is 3.97. The maximum absolute atomic E-state index is 12.7. The van der Waals surface area contributed by atoms with Crippen LogP contribution in [0.4, 0.5) is 0 Å². The minimum Gasteiger partial charge on any atom is -0.387 e. The molecule has 134 valence electrons. The van der Waals surface area contributed by atoms with E-state index in [1.165, 1.54) is 0 Å². The van der Waals surface area contributed by atoms with Crippen molar-refractivity contribution in [2.75, 3.05) is 45.8 Å². The molecule has 0 aliphatic carbocycles. The molecule has 2 aliphatic heterocycles. The Hall–Kier alpha value is -0.990. The Balaban J connectivity index is 1.59. The van der Waals surface area contributed by atoms with E-state index >= 15 is 0 Å². The zero-order valence-corrected chi connectivity index (χ0v) is 15.1. The van der Waals surface area contributed by atoms with Gasteiger partial charge in [-0.15, -0.1) is 0 Å². The normalized spacial score (nSPS) is 27.2. The molecule has 6 nitrogen and oxygen atoms in total. The molecule has 1 aromatic carbocycles. The Bertz CT molecular complexity index is 646. The van der Waals surface area contributed by atoms with E-state index in [2.05, 4.69) is 10.2 Å². The number of nitrogens with zero attached hydrogens (tertiary/aromatic N) is 2. The van der Waals surface area contributed by atoms with Gasteiger partial charge in [-0.3, -0.25) is 4.90 Å². The van der Waals surface area contributed by atoms with Crippen molar-refractivity contribution in [1.82, 2.24) is 14.5 Å². The lowest BCUT2D eigenvalue weighted by atomic mass is 9.93. The van der Waals surface area contributed by atoms with E-state index in [4.69, 9.17) is 0 Å². The van der Waals surface area contributed by atoms with Crippen molar-refractivity contribution >= 4 is 10.0 Å². The highest BCUT2D eigenvalue weighted by atomic mass is 32.2. The first-order valence-corrected chi connectivity index (χ1v) is 10.1. The Morgan fingerprint density at radius 2 is 1.83 bits per heavy atom. The molecule has 0 spiro atoms. The number of benzene rings is 1. The molecule has 0 bridgehead atoms. The van der Waals surface area contributed by atoms with E-state index in [1.54, 1.807) is 16.4 Å². The quantitative estimate of drug-likeness (QED) is 0.821. The summed E-state index contributed by atoms with van der Waals surface area (Å²) in [5, 5.41) is 13.9. The molecule has 7 heteroatoms. The number of aryl methyl sites for hydroxylation is 1. The molecule has 24 heavy (non-hydrogen) atoms. The number of piperazine rings is 1. The Morgan fingerprint density at radius 3 is 2.42 bits per heavy atom. The predicted octanol–water partition coefficient (Wildman–Crippen LogP) is 0.416. The van der Waals surface area contributed by atoms with Crippen LogP contribution in [0.5, 0.6) is 0 Å². The number of hydrogen-bond donors (Lipinski definition) is 2. The van der Waals surface area contributed by atoms with Gasteiger partial charge in [0.2, 0.25) is 10.0 Å². The summed E-state index contributed by atoms with van der Waals surface area (Å²) in [4.78, 5) is 2.53. The van der Waals surface area contributed by atoms with Crippen LogP contribution in [-0.2, 0) is 10.0 Å². The molecular formula is C17H27N3O3S. The third-order valence-corrected chi connectivity index (χ3v) is 6.87. The third-order valence-electron chi connectivity index (χ3n) is 4.96. The van der Waals surface area contributed by atoms with E-state index in [0.29, 0.717) is 44.2 Å². The van der Waals surface area contributed by atoms with Crippen molar-refractivity contribution in [3.63, 3.8) is 0 Å². The molecule has 1 aromatic rings. The summed E-state index contributed by atoms with van der Waals surface area (Å²) in [5.41, 5.74) is 0.365. The van der Waals surface area contributed by atoms with E-state index in [1.807, 2.05) is 19.1 Å². The van der Waals surface area contributed by atoms with Gasteiger partial charge in [0.15, 0.2) is 0 Å². The van der Waals surface area contributed by atoms with Gasteiger partial charge in [0.05, 0.1) is 10.5 Å². The summed E-state index contributed by atoms with van der Waals surface area (Å²) in [6.07, 6.45) is 1.79. The van der Waals surface area contributed by atoms with Crippen molar-refractivity contribution in [2.24, 2.45) is 0 Å². The molecule has 2 N–H and O–H groups in total. The molecule has 0 aromatic heterocycles. The van der Waals surface area contributed by atoms with Crippen molar-refractivity contribution in [3.05, 3.63) is 29.8 Å². The molecule has 3 rings (SSSR count). The lowest BCUT2D eigenvalue weighted by Crippen LogP contribution is -2.57. The molecule has 0 amide bonds. The highest BCUT2D eigenvalue weighted by molar-refractivity contribution is 7.89. The van der Waals surface area contributed by atoms with Crippen LogP contribution in [0.25, 0.3) is 0 Å². The fourth-order valence-electron chi connectivity index (χ4n) is 3.49. The van der Waals surface area contributed by atoms with Gasteiger partial charge in [-0.1, -0.05) is 17.7 Å². The van der Waals surface area contributed by atoms with Crippen LogP contribution >= 0.6 is 0 Å². The summed E-state index contributed by atoms with van der Waals surface area (Å²) in [6.45, 7) is 6.40. The van der Waals surface area contributed by atoms with Crippen LogP contribution in [0, 0.1) is 6.92 Å². The van der Waals surface area contributed by atoms with Crippen LogP contribution in [0.2, 0.25) is 0 Å². The van der Waals surface area contributed by atoms with Crippen molar-refractivity contribution in [3.8, 4) is 0 Å². The summed E-state index contributed by atoms with van der Waals surface area (Å²) >= 11 is 0. The van der Waals surface area contributed by atoms with Gasteiger partial charge in [0.1, 0.15) is 0 Å². The monoisotopic (exact) mass is 353 g/mol. The average molecular weight is 353 g/mol. The van der Waals surface area contributed by atoms with Crippen molar-refractivity contribution < 1.29 is 13.5 Å². The zero-order chi connectivity index (χ0) is 17.2. The van der Waals surface area contributed by atoms with Crippen LogP contribution in [0.15, 0.2) is 29.2 Å². The fraction of sp³-hybridized carbons (Fsp3) is 0.647. The predicted molar refractivity (Wildman–Crippen MR) is 93.4 cm³/mol. The van der Waals surface area contributed by atoms with Crippen molar-refractivity contribution in [1.29, 1.82) is 0 Å². The second-order valence-corrected chi connectivity index (χ2v) is 8.94. The van der Waals surface area contributed by atoms with E-state index < -0.39 is 15.6 Å². The SMILES string of the molecule is Cc1ccc(S(=O)(=O)N2CCN(C[C@@]3(O)CCCNC3)CC2)cc1. The highest BCUT2D eigenvalue weighted by Crippen LogP contribution is 2.21. The number of hydrogen-bond acceptors (Lipinski definition) is 5. The second kappa shape index (κ2) is 7.09. The lowest BCUT2D eigenvalue weighted by Gasteiger charge is -2.40. The molecule has 2 aliphatic rings. The smallest absolute Gasteiger partial charge is 0.243 e. The number of piperidine rings is 1. The first-order valence-electron chi connectivity index (χ1n) is 8.61. The highest BCUT2D eigenvalue weighted by Gasteiger charge is 2.34. The average Bonchev–Trinajstić information content (AvgIpc) is 2.56. The molecule has 0 radical (unpaired) electrons. The Labute approximate surface area is 144 Å². The standard InChI is InChI=1S/C17H27N3O3S/c1-15-3-5-16(6-4-15)24(22,23)20-11-9-19(10-12-20)14-17(21)7-2-8-18-13-17/h3-6,18,21H,2,7-14H2,1H3/t17-/m1/s1. The lowest BCUT2D eigenvalue weighted by molar-refractivity contribution is -0.0212. The number of aliphatic hydroxyl groups is 1. The van der Waals surface area contributed by atoms with Crippen molar-refractivity contribution in [2.45, 2.75) is 30.3 Å². The number of β-amino-alcohol motifs (C(OH)–C–C–N with tert-alkyl or cyclic N) is 1. The van der Waals surface area contributed by atoms with Gasteiger partial charge in [-0.2, -0.15) is 4.31 Å². The Kier molecular flexibility index (Phi) is 5.27. The maximum Gasteiger partial charge on any atom is 0.243 e. The van der Waals surface area contributed by atoms with Gasteiger partial charge in [0.25, 0.3) is 0 Å². The first kappa shape index (κ1) is 17.8. The molecule has 1 atom stereocenters. The largest absolute Gasteiger partial charge is 0.387 e. The topological polar surface area (TPSA) is 72.9 Å². The minimum atomic E-state index is -3.42. The molecule has 2 fully saturated rings. The molecule has 2 heterocycles.